The number of amides is 1. The van der Waals surface area contributed by atoms with Gasteiger partial charge >= 0.3 is 5.97 Å². The van der Waals surface area contributed by atoms with E-state index in [9.17, 15) is 19.8 Å². The second-order valence-corrected chi connectivity index (χ2v) is 5.33. The molecule has 1 unspecified atom stereocenters. The van der Waals surface area contributed by atoms with Crippen molar-refractivity contribution in [2.24, 2.45) is 0 Å². The number of phenolic OH excluding ortho intramolecular Hbond substituents is 1. The Morgan fingerprint density at radius 1 is 1.14 bits per heavy atom. The summed E-state index contributed by atoms with van der Waals surface area (Å²) in [7, 11) is 0. The van der Waals surface area contributed by atoms with Gasteiger partial charge in [-0.2, -0.15) is 0 Å². The van der Waals surface area contributed by atoms with Crippen LogP contribution >= 0.6 is 0 Å². The highest BCUT2D eigenvalue weighted by atomic mass is 16.4. The van der Waals surface area contributed by atoms with E-state index in [4.69, 9.17) is 0 Å². The van der Waals surface area contributed by atoms with Crippen molar-refractivity contribution in [2.45, 2.75) is 19.4 Å². The Kier molecular flexibility index (Phi) is 3.33. The van der Waals surface area contributed by atoms with Crippen LogP contribution in [-0.2, 0) is 11.2 Å². The summed E-state index contributed by atoms with van der Waals surface area (Å²) in [4.78, 5) is 25.6. The maximum absolute atomic E-state index is 12.8. The molecule has 1 amide bonds. The highest BCUT2D eigenvalue weighted by Gasteiger charge is 2.39. The summed E-state index contributed by atoms with van der Waals surface area (Å²) in [5.74, 6) is -1.67. The predicted octanol–water partition coefficient (Wildman–Crippen LogP) is 2.36. The minimum absolute atomic E-state index is 0.110. The smallest absolute Gasteiger partial charge is 0.327 e. The molecule has 0 aromatic heterocycles. The highest BCUT2D eigenvalue weighted by molar-refractivity contribution is 6.12. The molecule has 1 atom stereocenters. The summed E-state index contributed by atoms with van der Waals surface area (Å²) in [6.07, 6.45) is 0.268. The Morgan fingerprint density at radius 2 is 1.86 bits per heavy atom. The summed E-state index contributed by atoms with van der Waals surface area (Å²) in [6, 6.07) is 11.0. The number of hydrogen-bond acceptors (Lipinski definition) is 3. The monoisotopic (exact) mass is 297 g/mol. The average molecular weight is 297 g/mol. The number of anilines is 1. The molecule has 0 aliphatic carbocycles. The zero-order chi connectivity index (χ0) is 15.9. The normalized spacial score (nSPS) is 16.4. The van der Waals surface area contributed by atoms with Crippen molar-refractivity contribution in [1.82, 2.24) is 0 Å². The molecule has 0 spiro atoms. The lowest BCUT2D eigenvalue weighted by atomic mass is 10.1. The molecule has 5 nitrogen and oxygen atoms in total. The number of hydrogen-bond donors (Lipinski definition) is 2. The zero-order valence-corrected chi connectivity index (χ0v) is 12.0. The van der Waals surface area contributed by atoms with E-state index in [1.54, 1.807) is 31.2 Å². The van der Waals surface area contributed by atoms with E-state index in [2.05, 4.69) is 0 Å². The number of phenols is 1. The van der Waals surface area contributed by atoms with E-state index in [1.807, 2.05) is 12.1 Å². The molecule has 112 valence electrons. The average Bonchev–Trinajstić information content (AvgIpc) is 2.89. The molecule has 2 N–H and O–H groups in total. The lowest BCUT2D eigenvalue weighted by Crippen LogP contribution is -2.42. The topological polar surface area (TPSA) is 77.8 Å². The number of nitrogens with zero attached hydrogens (tertiary/aromatic N) is 1. The van der Waals surface area contributed by atoms with Crippen LogP contribution in [0, 0.1) is 6.92 Å². The number of fused-ring (bicyclic) bond motifs is 1. The maximum atomic E-state index is 12.8. The zero-order valence-electron chi connectivity index (χ0n) is 12.0. The van der Waals surface area contributed by atoms with Gasteiger partial charge in [0, 0.05) is 12.1 Å². The first-order chi connectivity index (χ1) is 10.5. The van der Waals surface area contributed by atoms with Crippen LogP contribution in [0.1, 0.15) is 21.5 Å². The van der Waals surface area contributed by atoms with Gasteiger partial charge in [0.05, 0.1) is 5.56 Å². The predicted molar refractivity (Wildman–Crippen MR) is 81.2 cm³/mol. The fourth-order valence-corrected chi connectivity index (χ4v) is 2.80. The molecule has 0 bridgehead atoms. The van der Waals surface area contributed by atoms with Gasteiger partial charge in [-0.05, 0) is 30.2 Å². The van der Waals surface area contributed by atoms with Crippen LogP contribution in [-0.4, -0.2) is 28.1 Å². The number of carboxylic acid groups (broad SMARTS) is 1. The molecular formula is C17H15NO4. The molecule has 2 aromatic rings. The van der Waals surface area contributed by atoms with Gasteiger partial charge in [0.2, 0.25) is 0 Å². The van der Waals surface area contributed by atoms with Crippen molar-refractivity contribution < 1.29 is 19.8 Å². The number of carbonyl (C=O) groups excluding carboxylic acids is 1. The van der Waals surface area contributed by atoms with Gasteiger partial charge in [0.1, 0.15) is 11.8 Å². The summed E-state index contributed by atoms with van der Waals surface area (Å²) in [6.45, 7) is 1.69. The van der Waals surface area contributed by atoms with E-state index in [0.29, 0.717) is 11.3 Å². The maximum Gasteiger partial charge on any atom is 0.327 e. The largest absolute Gasteiger partial charge is 0.507 e. The molecule has 0 radical (unpaired) electrons. The van der Waals surface area contributed by atoms with Gasteiger partial charge in [-0.1, -0.05) is 30.3 Å². The molecule has 2 aromatic carbocycles. The highest BCUT2D eigenvalue weighted by Crippen LogP contribution is 2.35. The second kappa shape index (κ2) is 5.18. The van der Waals surface area contributed by atoms with E-state index in [0.717, 1.165) is 5.56 Å². The van der Waals surface area contributed by atoms with Crippen molar-refractivity contribution in [3.05, 3.63) is 59.2 Å². The molecule has 0 saturated carbocycles. The Balaban J connectivity index is 2.10. The minimum Gasteiger partial charge on any atom is -0.507 e. The molecule has 1 heterocycles. The van der Waals surface area contributed by atoms with Crippen molar-refractivity contribution in [1.29, 1.82) is 0 Å². The van der Waals surface area contributed by atoms with Crippen molar-refractivity contribution in [3.8, 4) is 5.75 Å². The summed E-state index contributed by atoms with van der Waals surface area (Å²) < 4.78 is 0. The minimum atomic E-state index is -1.06. The molecule has 1 aliphatic heterocycles. The van der Waals surface area contributed by atoms with Crippen LogP contribution in [0.4, 0.5) is 5.69 Å². The molecule has 0 saturated heterocycles. The Labute approximate surface area is 127 Å². The first kappa shape index (κ1) is 14.1. The van der Waals surface area contributed by atoms with E-state index in [-0.39, 0.29) is 17.7 Å². The van der Waals surface area contributed by atoms with Crippen LogP contribution in [0.5, 0.6) is 5.75 Å². The quantitative estimate of drug-likeness (QED) is 0.892. The third-order valence-corrected chi connectivity index (χ3v) is 3.95. The standard InChI is InChI=1S/C17H15NO4/c1-10-5-4-7-12(15(10)19)16(20)18-13-8-3-2-6-11(13)9-14(18)17(21)22/h2-8,14,19H,9H2,1H3,(H,21,22). The van der Waals surface area contributed by atoms with Crippen LogP contribution in [0.25, 0.3) is 0 Å². The first-order valence-electron chi connectivity index (χ1n) is 6.93. The molecule has 1 aliphatic rings. The number of aryl methyl sites for hydroxylation is 1. The van der Waals surface area contributed by atoms with Gasteiger partial charge in [0.25, 0.3) is 5.91 Å². The molecule has 22 heavy (non-hydrogen) atoms. The number of carbonyl (C=O) groups is 2. The fourth-order valence-electron chi connectivity index (χ4n) is 2.80. The number of carboxylic acids is 1. The van der Waals surface area contributed by atoms with Crippen LogP contribution in [0.2, 0.25) is 0 Å². The van der Waals surface area contributed by atoms with Crippen LogP contribution in [0.3, 0.4) is 0 Å². The number of aliphatic carboxylic acids is 1. The van der Waals surface area contributed by atoms with Gasteiger partial charge in [-0.25, -0.2) is 4.79 Å². The third-order valence-electron chi connectivity index (χ3n) is 3.95. The van der Waals surface area contributed by atoms with Gasteiger partial charge in [0.15, 0.2) is 0 Å². The fraction of sp³-hybridized carbons (Fsp3) is 0.176. The third kappa shape index (κ3) is 2.11. The van der Waals surface area contributed by atoms with Gasteiger partial charge in [-0.15, -0.1) is 0 Å². The molecule has 5 heteroatoms. The lowest BCUT2D eigenvalue weighted by Gasteiger charge is -2.23. The van der Waals surface area contributed by atoms with Gasteiger partial charge in [-0.3, -0.25) is 9.69 Å². The number of para-hydroxylation sites is 2. The van der Waals surface area contributed by atoms with E-state index >= 15 is 0 Å². The molecule has 3 rings (SSSR count). The lowest BCUT2D eigenvalue weighted by molar-refractivity contribution is -0.138. The summed E-state index contributed by atoms with van der Waals surface area (Å²) >= 11 is 0. The Bertz CT molecular complexity index is 769. The number of benzene rings is 2. The van der Waals surface area contributed by atoms with E-state index in [1.165, 1.54) is 11.0 Å². The van der Waals surface area contributed by atoms with Crippen LogP contribution in [0.15, 0.2) is 42.5 Å². The van der Waals surface area contributed by atoms with E-state index < -0.39 is 17.9 Å². The second-order valence-electron chi connectivity index (χ2n) is 5.33. The number of aromatic hydroxyl groups is 1. The molecular weight excluding hydrogens is 282 g/mol. The Hall–Kier alpha value is -2.82. The number of rotatable bonds is 2. The SMILES string of the molecule is Cc1cccc(C(=O)N2c3ccccc3CC2C(=O)O)c1O. The van der Waals surface area contributed by atoms with Gasteiger partial charge < -0.3 is 10.2 Å². The molecule has 0 fully saturated rings. The van der Waals surface area contributed by atoms with Crippen molar-refractivity contribution in [3.63, 3.8) is 0 Å². The van der Waals surface area contributed by atoms with Crippen molar-refractivity contribution >= 4 is 17.6 Å². The van der Waals surface area contributed by atoms with Crippen LogP contribution < -0.4 is 4.90 Å². The Morgan fingerprint density at radius 3 is 2.59 bits per heavy atom. The summed E-state index contributed by atoms with van der Waals surface area (Å²) in [5.41, 5.74) is 2.09. The summed E-state index contributed by atoms with van der Waals surface area (Å²) in [5, 5.41) is 19.5. The van der Waals surface area contributed by atoms with Crippen molar-refractivity contribution in [2.75, 3.05) is 4.90 Å². The first-order valence-corrected chi connectivity index (χ1v) is 6.93.